The summed E-state index contributed by atoms with van der Waals surface area (Å²) in [6, 6.07) is 27.4. The van der Waals surface area contributed by atoms with E-state index in [4.69, 9.17) is 14.7 Å². The molecule has 2 aliphatic rings. The highest BCUT2D eigenvalue weighted by molar-refractivity contribution is 5.87. The molecule has 0 aliphatic carbocycles. The van der Waals surface area contributed by atoms with Crippen LogP contribution in [-0.4, -0.2) is 46.6 Å². The maximum Gasteiger partial charge on any atom is 0.323 e. The highest BCUT2D eigenvalue weighted by Crippen LogP contribution is 2.52. The van der Waals surface area contributed by atoms with Crippen molar-refractivity contribution in [2.24, 2.45) is 0 Å². The molecule has 6 nitrogen and oxygen atoms in total. The average Bonchev–Trinajstić information content (AvgIpc) is 3.30. The predicted molar refractivity (Wildman–Crippen MR) is 159 cm³/mol. The minimum atomic E-state index is -0.328. The van der Waals surface area contributed by atoms with Crippen molar-refractivity contribution in [2.75, 3.05) is 18.6 Å². The van der Waals surface area contributed by atoms with Gasteiger partial charge >= 0.3 is 5.97 Å². The number of piperidine rings is 1. The lowest BCUT2D eigenvalue weighted by Gasteiger charge is -2.42. The van der Waals surface area contributed by atoms with Crippen LogP contribution in [0.25, 0.3) is 11.1 Å². The van der Waals surface area contributed by atoms with Crippen molar-refractivity contribution < 1.29 is 9.53 Å². The SMILES string of the molecule is COC(=O)C1CC2c3cccc(-c4ccc(C(C)(C)C)cc4)c3N(c3ncccn3)C2CN1Cc1ccccc1. The second-order valence-electron chi connectivity index (χ2n) is 11.9. The summed E-state index contributed by atoms with van der Waals surface area (Å²) in [5.41, 5.74) is 7.26. The van der Waals surface area contributed by atoms with Gasteiger partial charge in [0.25, 0.3) is 0 Å². The van der Waals surface area contributed by atoms with Gasteiger partial charge in [0.15, 0.2) is 0 Å². The van der Waals surface area contributed by atoms with Gasteiger partial charge in [-0.3, -0.25) is 9.69 Å². The second kappa shape index (κ2) is 10.5. The van der Waals surface area contributed by atoms with Crippen molar-refractivity contribution in [3.05, 3.63) is 108 Å². The fourth-order valence-corrected chi connectivity index (χ4v) is 6.35. The number of esters is 1. The zero-order valence-electron chi connectivity index (χ0n) is 23.6. The molecule has 1 aromatic heterocycles. The molecule has 3 unspecified atom stereocenters. The number of hydrogen-bond acceptors (Lipinski definition) is 6. The number of aromatic nitrogens is 2. The molecule has 204 valence electrons. The van der Waals surface area contributed by atoms with E-state index in [0.29, 0.717) is 25.5 Å². The molecule has 40 heavy (non-hydrogen) atoms. The molecular weight excluding hydrogens is 496 g/mol. The number of methoxy groups -OCH3 is 1. The zero-order chi connectivity index (χ0) is 27.9. The number of para-hydroxylation sites is 1. The molecule has 0 radical (unpaired) electrons. The highest BCUT2D eigenvalue weighted by atomic mass is 16.5. The van der Waals surface area contributed by atoms with E-state index in [1.54, 1.807) is 12.4 Å². The first-order valence-electron chi connectivity index (χ1n) is 14.0. The molecule has 0 spiro atoms. The summed E-state index contributed by atoms with van der Waals surface area (Å²) in [6.07, 6.45) is 4.28. The van der Waals surface area contributed by atoms with Crippen molar-refractivity contribution in [1.29, 1.82) is 0 Å². The molecule has 1 fully saturated rings. The third-order valence-electron chi connectivity index (χ3n) is 8.37. The Morgan fingerprint density at radius 1 is 0.925 bits per heavy atom. The van der Waals surface area contributed by atoms with Crippen LogP contribution in [0.1, 0.15) is 49.8 Å². The number of carbonyl (C=O) groups excluding carboxylic acids is 1. The van der Waals surface area contributed by atoms with E-state index in [-0.39, 0.29) is 29.4 Å². The Labute approximate surface area is 236 Å². The number of nitrogens with zero attached hydrogens (tertiary/aromatic N) is 4. The summed E-state index contributed by atoms with van der Waals surface area (Å²) < 4.78 is 5.32. The summed E-state index contributed by atoms with van der Waals surface area (Å²) in [6.45, 7) is 8.07. The van der Waals surface area contributed by atoms with E-state index >= 15 is 0 Å². The van der Waals surface area contributed by atoms with Gasteiger partial charge < -0.3 is 9.64 Å². The Kier molecular flexibility index (Phi) is 6.88. The minimum absolute atomic E-state index is 0.0806. The molecule has 3 aromatic carbocycles. The van der Waals surface area contributed by atoms with Gasteiger partial charge in [0, 0.05) is 37.0 Å². The number of benzene rings is 3. The molecule has 4 aromatic rings. The standard InChI is InChI=1S/C34H36N4O2/c1-34(2,3)25-16-14-24(15-17-25)26-12-8-13-27-28-20-29(32(39)40-4)37(21-23-10-6-5-7-11-23)22-30(28)38(31(26)27)33-35-18-9-19-36-33/h5-19,28-30H,20-22H2,1-4H3. The maximum atomic E-state index is 13.1. The summed E-state index contributed by atoms with van der Waals surface area (Å²) in [4.78, 5) is 27.1. The summed E-state index contributed by atoms with van der Waals surface area (Å²) in [5.74, 6) is 0.647. The van der Waals surface area contributed by atoms with E-state index < -0.39 is 0 Å². The first-order valence-corrected chi connectivity index (χ1v) is 14.0. The summed E-state index contributed by atoms with van der Waals surface area (Å²) in [5, 5.41) is 0. The lowest BCUT2D eigenvalue weighted by atomic mass is 9.83. The molecule has 3 atom stereocenters. The quantitative estimate of drug-likeness (QED) is 0.274. The lowest BCUT2D eigenvalue weighted by molar-refractivity contribution is -0.149. The van der Waals surface area contributed by atoms with Gasteiger partial charge in [-0.05, 0) is 40.2 Å². The predicted octanol–water partition coefficient (Wildman–Crippen LogP) is 6.49. The number of ether oxygens (including phenoxy) is 1. The van der Waals surface area contributed by atoms with Crippen LogP contribution in [-0.2, 0) is 21.5 Å². The zero-order valence-corrected chi connectivity index (χ0v) is 23.6. The van der Waals surface area contributed by atoms with E-state index in [9.17, 15) is 4.79 Å². The number of fused-ring (bicyclic) bond motifs is 3. The topological polar surface area (TPSA) is 58.6 Å². The van der Waals surface area contributed by atoms with Crippen LogP contribution in [0.3, 0.4) is 0 Å². The van der Waals surface area contributed by atoms with Gasteiger partial charge in [-0.1, -0.05) is 93.6 Å². The monoisotopic (exact) mass is 532 g/mol. The molecule has 6 rings (SSSR count). The Bertz CT molecular complexity index is 1480. The molecule has 0 N–H and O–H groups in total. The first-order chi connectivity index (χ1) is 19.3. The van der Waals surface area contributed by atoms with Crippen molar-refractivity contribution >= 4 is 17.6 Å². The minimum Gasteiger partial charge on any atom is -0.468 e. The third kappa shape index (κ3) is 4.77. The molecular formula is C34H36N4O2. The maximum absolute atomic E-state index is 13.1. The first kappa shape index (κ1) is 26.2. The van der Waals surface area contributed by atoms with Crippen LogP contribution < -0.4 is 4.90 Å². The smallest absolute Gasteiger partial charge is 0.323 e. The average molecular weight is 533 g/mol. The number of likely N-dealkylation sites (tertiary alicyclic amines) is 1. The largest absolute Gasteiger partial charge is 0.468 e. The van der Waals surface area contributed by atoms with Crippen molar-refractivity contribution in [3.63, 3.8) is 0 Å². The molecule has 0 saturated carbocycles. The molecule has 2 aliphatic heterocycles. The van der Waals surface area contributed by atoms with Gasteiger partial charge in [-0.2, -0.15) is 0 Å². The van der Waals surface area contributed by atoms with Crippen LogP contribution in [0, 0.1) is 0 Å². The Balaban J connectivity index is 1.46. The Morgan fingerprint density at radius 3 is 2.33 bits per heavy atom. The van der Waals surface area contributed by atoms with E-state index in [2.05, 4.69) is 85.2 Å². The van der Waals surface area contributed by atoms with Crippen LogP contribution in [0.4, 0.5) is 11.6 Å². The third-order valence-corrected chi connectivity index (χ3v) is 8.37. The second-order valence-corrected chi connectivity index (χ2v) is 11.9. The van der Waals surface area contributed by atoms with Crippen molar-refractivity contribution in [3.8, 4) is 11.1 Å². The molecule has 6 heteroatoms. The number of anilines is 2. The molecule has 3 heterocycles. The van der Waals surface area contributed by atoms with Crippen LogP contribution in [0.5, 0.6) is 0 Å². The Hall–Kier alpha value is -4.03. The van der Waals surface area contributed by atoms with E-state index in [1.165, 1.54) is 23.8 Å². The summed E-state index contributed by atoms with van der Waals surface area (Å²) >= 11 is 0. The van der Waals surface area contributed by atoms with Gasteiger partial charge in [-0.25, -0.2) is 9.97 Å². The fraction of sp³-hybridized carbons (Fsp3) is 0.324. The summed E-state index contributed by atoms with van der Waals surface area (Å²) in [7, 11) is 1.49. The van der Waals surface area contributed by atoms with E-state index in [1.807, 2.05) is 24.3 Å². The number of hydrogen-bond donors (Lipinski definition) is 0. The number of carbonyl (C=O) groups is 1. The van der Waals surface area contributed by atoms with Gasteiger partial charge in [0.05, 0.1) is 18.8 Å². The van der Waals surface area contributed by atoms with Gasteiger partial charge in [0.2, 0.25) is 5.95 Å². The molecule has 0 bridgehead atoms. The molecule has 1 saturated heterocycles. The number of rotatable bonds is 5. The lowest BCUT2D eigenvalue weighted by Crippen LogP contribution is -2.54. The molecule has 0 amide bonds. The fourth-order valence-electron chi connectivity index (χ4n) is 6.35. The highest BCUT2D eigenvalue weighted by Gasteiger charge is 2.49. The van der Waals surface area contributed by atoms with E-state index in [0.717, 1.165) is 16.8 Å². The normalized spacial score (nSPS) is 20.6. The van der Waals surface area contributed by atoms with Crippen molar-refractivity contribution in [2.45, 2.75) is 57.2 Å². The van der Waals surface area contributed by atoms with Crippen LogP contribution in [0.2, 0.25) is 0 Å². The van der Waals surface area contributed by atoms with Crippen LogP contribution >= 0.6 is 0 Å². The van der Waals surface area contributed by atoms with Gasteiger partial charge in [-0.15, -0.1) is 0 Å². The Morgan fingerprint density at radius 2 is 1.65 bits per heavy atom. The van der Waals surface area contributed by atoms with Gasteiger partial charge in [0.1, 0.15) is 6.04 Å². The van der Waals surface area contributed by atoms with Crippen LogP contribution in [0.15, 0.2) is 91.3 Å². The van der Waals surface area contributed by atoms with Crippen molar-refractivity contribution in [1.82, 2.24) is 14.9 Å².